The predicted molar refractivity (Wildman–Crippen MR) is 119 cm³/mol. The van der Waals surface area contributed by atoms with E-state index in [2.05, 4.69) is 10.0 Å². The van der Waals surface area contributed by atoms with Gasteiger partial charge < -0.3 is 5.32 Å². The Hall–Kier alpha value is -3.50. The van der Waals surface area contributed by atoms with Crippen LogP contribution in [0.2, 0.25) is 0 Å². The third-order valence-electron chi connectivity index (χ3n) is 5.02. The SMILES string of the molecule is Cn1c(CNC(=O)[C@H](Cc2ccccc2)NS(=O)(=O)c2ccccc2)cc(=O)n(C)c1=O. The number of nitrogens with one attached hydrogen (secondary N) is 2. The Kier molecular flexibility index (Phi) is 7.06. The molecule has 0 fully saturated rings. The van der Waals surface area contributed by atoms with E-state index in [0.29, 0.717) is 5.69 Å². The molecule has 0 unspecified atom stereocenters. The van der Waals surface area contributed by atoms with Crippen molar-refractivity contribution in [3.8, 4) is 0 Å². The summed E-state index contributed by atoms with van der Waals surface area (Å²) in [5, 5.41) is 2.63. The van der Waals surface area contributed by atoms with Crippen LogP contribution in [-0.4, -0.2) is 29.5 Å². The Morgan fingerprint density at radius 2 is 1.53 bits per heavy atom. The van der Waals surface area contributed by atoms with Gasteiger partial charge in [-0.2, -0.15) is 4.72 Å². The van der Waals surface area contributed by atoms with E-state index < -0.39 is 33.2 Å². The molecule has 3 rings (SSSR count). The van der Waals surface area contributed by atoms with Crippen LogP contribution in [0.25, 0.3) is 0 Å². The molecule has 10 heteroatoms. The molecule has 3 aromatic rings. The van der Waals surface area contributed by atoms with Crippen LogP contribution in [0.1, 0.15) is 11.3 Å². The van der Waals surface area contributed by atoms with Crippen LogP contribution in [0.5, 0.6) is 0 Å². The smallest absolute Gasteiger partial charge is 0.330 e. The van der Waals surface area contributed by atoms with E-state index in [1.165, 1.54) is 36.9 Å². The van der Waals surface area contributed by atoms with Gasteiger partial charge in [-0.15, -0.1) is 0 Å². The first-order valence-corrected chi connectivity index (χ1v) is 11.3. The van der Waals surface area contributed by atoms with Crippen molar-refractivity contribution >= 4 is 15.9 Å². The summed E-state index contributed by atoms with van der Waals surface area (Å²) in [4.78, 5) is 37.0. The number of rotatable bonds is 8. The zero-order chi connectivity index (χ0) is 23.3. The van der Waals surface area contributed by atoms with Crippen molar-refractivity contribution in [2.45, 2.75) is 23.9 Å². The number of amides is 1. The van der Waals surface area contributed by atoms with Gasteiger partial charge in [0.05, 0.1) is 11.4 Å². The van der Waals surface area contributed by atoms with Crippen LogP contribution in [0.4, 0.5) is 0 Å². The molecule has 168 valence electrons. The summed E-state index contributed by atoms with van der Waals surface area (Å²) in [7, 11) is -1.10. The van der Waals surface area contributed by atoms with Crippen molar-refractivity contribution in [3.05, 3.63) is 98.8 Å². The fraction of sp³-hybridized carbons (Fsp3) is 0.227. The summed E-state index contributed by atoms with van der Waals surface area (Å²) < 4.78 is 30.3. The molecule has 2 N–H and O–H groups in total. The van der Waals surface area contributed by atoms with Crippen LogP contribution < -0.4 is 21.3 Å². The highest BCUT2D eigenvalue weighted by Gasteiger charge is 2.26. The fourth-order valence-electron chi connectivity index (χ4n) is 3.14. The average molecular weight is 457 g/mol. The minimum absolute atomic E-state index is 0.0415. The molecule has 1 amide bonds. The summed E-state index contributed by atoms with van der Waals surface area (Å²) in [6, 6.07) is 16.9. The quantitative estimate of drug-likeness (QED) is 0.505. The van der Waals surface area contributed by atoms with Crippen LogP contribution in [0.15, 0.2) is 81.2 Å². The Bertz CT molecular complexity index is 1320. The fourth-order valence-corrected chi connectivity index (χ4v) is 4.36. The maximum atomic E-state index is 13.0. The lowest BCUT2D eigenvalue weighted by Gasteiger charge is -2.19. The van der Waals surface area contributed by atoms with Crippen molar-refractivity contribution in [2.24, 2.45) is 14.1 Å². The lowest BCUT2D eigenvalue weighted by molar-refractivity contribution is -0.122. The molecule has 2 aromatic carbocycles. The molecule has 0 spiro atoms. The van der Waals surface area contributed by atoms with E-state index in [-0.39, 0.29) is 17.9 Å². The predicted octanol–water partition coefficient (Wildman–Crippen LogP) is 0.290. The number of carbonyl (C=O) groups excluding carboxylic acids is 1. The van der Waals surface area contributed by atoms with Crippen molar-refractivity contribution in [1.82, 2.24) is 19.2 Å². The van der Waals surface area contributed by atoms with E-state index in [1.54, 1.807) is 42.5 Å². The van der Waals surface area contributed by atoms with Gasteiger partial charge in [-0.1, -0.05) is 48.5 Å². The molecule has 1 aromatic heterocycles. The molecule has 0 radical (unpaired) electrons. The molecule has 1 heterocycles. The maximum absolute atomic E-state index is 13.0. The van der Waals surface area contributed by atoms with E-state index in [0.717, 1.165) is 10.1 Å². The van der Waals surface area contributed by atoms with Gasteiger partial charge in [0.15, 0.2) is 0 Å². The van der Waals surface area contributed by atoms with Gasteiger partial charge in [0.1, 0.15) is 6.04 Å². The Morgan fingerprint density at radius 1 is 0.938 bits per heavy atom. The largest absolute Gasteiger partial charge is 0.349 e. The second-order valence-electron chi connectivity index (χ2n) is 7.27. The minimum Gasteiger partial charge on any atom is -0.349 e. The zero-order valence-electron chi connectivity index (χ0n) is 17.7. The Balaban J connectivity index is 1.84. The molecule has 0 aliphatic heterocycles. The van der Waals surface area contributed by atoms with Crippen molar-refractivity contribution in [2.75, 3.05) is 0 Å². The van der Waals surface area contributed by atoms with Crippen LogP contribution in [0.3, 0.4) is 0 Å². The normalized spacial score (nSPS) is 12.3. The van der Waals surface area contributed by atoms with Gasteiger partial charge >= 0.3 is 5.69 Å². The molecule has 0 bridgehead atoms. The van der Waals surface area contributed by atoms with Gasteiger partial charge in [-0.25, -0.2) is 13.2 Å². The van der Waals surface area contributed by atoms with Gasteiger partial charge in [-0.05, 0) is 24.1 Å². The van der Waals surface area contributed by atoms with Gasteiger partial charge in [0.25, 0.3) is 5.56 Å². The third kappa shape index (κ3) is 5.40. The topological polar surface area (TPSA) is 119 Å². The molecule has 0 aliphatic rings. The van der Waals surface area contributed by atoms with Crippen LogP contribution >= 0.6 is 0 Å². The lowest BCUT2D eigenvalue weighted by atomic mass is 10.1. The van der Waals surface area contributed by atoms with Gasteiger partial charge in [0, 0.05) is 25.9 Å². The van der Waals surface area contributed by atoms with E-state index >= 15 is 0 Å². The van der Waals surface area contributed by atoms with Gasteiger partial charge in [0.2, 0.25) is 15.9 Å². The molecular weight excluding hydrogens is 432 g/mol. The summed E-state index contributed by atoms with van der Waals surface area (Å²) in [5.41, 5.74) is 0.0514. The van der Waals surface area contributed by atoms with E-state index in [4.69, 9.17) is 0 Å². The molecule has 0 saturated carbocycles. The summed E-state index contributed by atoms with van der Waals surface area (Å²) >= 11 is 0. The monoisotopic (exact) mass is 456 g/mol. The number of hydrogen-bond donors (Lipinski definition) is 2. The Labute approximate surface area is 185 Å². The van der Waals surface area contributed by atoms with E-state index in [9.17, 15) is 22.8 Å². The molecule has 0 saturated heterocycles. The molecule has 0 aliphatic carbocycles. The van der Waals surface area contributed by atoms with Crippen molar-refractivity contribution in [3.63, 3.8) is 0 Å². The summed E-state index contributed by atoms with van der Waals surface area (Å²) in [6.45, 7) is -0.112. The molecule has 9 nitrogen and oxygen atoms in total. The van der Waals surface area contributed by atoms with Crippen LogP contribution in [-0.2, 0) is 41.9 Å². The number of benzene rings is 2. The maximum Gasteiger partial charge on any atom is 0.330 e. The number of aromatic nitrogens is 2. The minimum atomic E-state index is -3.95. The van der Waals surface area contributed by atoms with Gasteiger partial charge in [-0.3, -0.25) is 18.7 Å². The number of nitrogens with zero attached hydrogens (tertiary/aromatic N) is 2. The standard InChI is InChI=1S/C22H24N4O5S/c1-25-17(14-20(27)26(2)22(25)29)15-23-21(28)19(13-16-9-5-3-6-10-16)24-32(30,31)18-11-7-4-8-12-18/h3-12,14,19,24H,13,15H2,1-2H3,(H,23,28)/t19-/m0/s1. The average Bonchev–Trinajstić information content (AvgIpc) is 2.79. The first-order chi connectivity index (χ1) is 15.2. The zero-order valence-corrected chi connectivity index (χ0v) is 18.5. The number of carbonyl (C=O) groups is 1. The van der Waals surface area contributed by atoms with E-state index in [1.807, 2.05) is 6.07 Å². The molecule has 32 heavy (non-hydrogen) atoms. The second-order valence-corrected chi connectivity index (χ2v) is 8.98. The number of hydrogen-bond acceptors (Lipinski definition) is 5. The second kappa shape index (κ2) is 9.75. The Morgan fingerprint density at radius 3 is 2.16 bits per heavy atom. The highest BCUT2D eigenvalue weighted by molar-refractivity contribution is 7.89. The van der Waals surface area contributed by atoms with Crippen molar-refractivity contribution < 1.29 is 13.2 Å². The first kappa shape index (κ1) is 23.2. The lowest BCUT2D eigenvalue weighted by Crippen LogP contribution is -2.48. The highest BCUT2D eigenvalue weighted by Crippen LogP contribution is 2.11. The van der Waals surface area contributed by atoms with Crippen molar-refractivity contribution in [1.29, 1.82) is 0 Å². The molecular formula is C22H24N4O5S. The third-order valence-corrected chi connectivity index (χ3v) is 6.51. The summed E-state index contributed by atoms with van der Waals surface area (Å²) in [5.74, 6) is -0.582. The van der Waals surface area contributed by atoms with Crippen LogP contribution in [0, 0.1) is 0 Å². The highest BCUT2D eigenvalue weighted by atomic mass is 32.2. The molecule has 1 atom stereocenters. The summed E-state index contributed by atoms with van der Waals surface area (Å²) in [6.07, 6.45) is 0.119. The first-order valence-electron chi connectivity index (χ1n) is 9.84. The number of sulfonamides is 1.